The number of nitro benzene ring substituents is 1. The van der Waals surface area contributed by atoms with E-state index in [1.54, 1.807) is 12.1 Å². The first-order chi connectivity index (χ1) is 10.1. The second kappa shape index (κ2) is 8.89. The highest BCUT2D eigenvalue weighted by molar-refractivity contribution is 14.0. The molecule has 1 atom stereocenters. The van der Waals surface area contributed by atoms with Crippen molar-refractivity contribution in [2.24, 2.45) is 4.99 Å². The lowest BCUT2D eigenvalue weighted by atomic mass is 10.2. The standard InChI is InChI=1S/C14H20N4O3.HI/c1-2-15-14(17-8-7-13(19)10-17)16-9-11-3-5-12(6-4-11)18(20)21;/h3-6,13,19H,2,7-10H2,1H3,(H,15,16);1H/t13-;/m1./s1. The van der Waals surface area contributed by atoms with Gasteiger partial charge in [-0.1, -0.05) is 12.1 Å². The van der Waals surface area contributed by atoms with E-state index < -0.39 is 4.92 Å². The van der Waals surface area contributed by atoms with Gasteiger partial charge in [0.15, 0.2) is 5.96 Å². The van der Waals surface area contributed by atoms with Crippen LogP contribution in [0.25, 0.3) is 0 Å². The molecule has 2 rings (SSSR count). The van der Waals surface area contributed by atoms with Gasteiger partial charge >= 0.3 is 0 Å². The van der Waals surface area contributed by atoms with Crippen LogP contribution < -0.4 is 5.32 Å². The Morgan fingerprint density at radius 1 is 1.50 bits per heavy atom. The van der Waals surface area contributed by atoms with E-state index in [9.17, 15) is 15.2 Å². The van der Waals surface area contributed by atoms with Crippen LogP contribution in [0.3, 0.4) is 0 Å². The number of aliphatic hydroxyl groups excluding tert-OH is 1. The lowest BCUT2D eigenvalue weighted by Gasteiger charge is -2.20. The average Bonchev–Trinajstić information content (AvgIpc) is 2.90. The predicted octanol–water partition coefficient (Wildman–Crippen LogP) is 1.74. The number of likely N-dealkylation sites (tertiary alicyclic amines) is 1. The Bertz CT molecular complexity index is 521. The van der Waals surface area contributed by atoms with Gasteiger partial charge in [0.1, 0.15) is 0 Å². The number of hydrogen-bond donors (Lipinski definition) is 2. The number of nitrogens with one attached hydrogen (secondary N) is 1. The van der Waals surface area contributed by atoms with Gasteiger partial charge in [0.25, 0.3) is 5.69 Å². The van der Waals surface area contributed by atoms with E-state index in [0.29, 0.717) is 13.1 Å². The molecule has 2 N–H and O–H groups in total. The molecule has 0 bridgehead atoms. The smallest absolute Gasteiger partial charge is 0.269 e. The van der Waals surface area contributed by atoms with Gasteiger partial charge in [-0.05, 0) is 18.9 Å². The summed E-state index contributed by atoms with van der Waals surface area (Å²) in [5.74, 6) is 0.771. The van der Waals surface area contributed by atoms with E-state index in [1.807, 2.05) is 11.8 Å². The zero-order valence-corrected chi connectivity index (χ0v) is 14.8. The molecule has 1 aromatic carbocycles. The SMILES string of the molecule is CCNC(=NCc1ccc([N+](=O)[O-])cc1)N1CC[C@@H](O)C1.I. The van der Waals surface area contributed by atoms with Crippen molar-refractivity contribution in [2.45, 2.75) is 26.0 Å². The summed E-state index contributed by atoms with van der Waals surface area (Å²) in [6.45, 7) is 4.58. The number of β-amino-alcohol motifs (C(OH)–C–C–N with tert-alkyl or cyclic N) is 1. The first-order valence-corrected chi connectivity index (χ1v) is 7.04. The summed E-state index contributed by atoms with van der Waals surface area (Å²) in [6.07, 6.45) is 0.454. The van der Waals surface area contributed by atoms with Crippen LogP contribution in [-0.2, 0) is 6.54 Å². The van der Waals surface area contributed by atoms with Crippen LogP contribution in [0.4, 0.5) is 5.69 Å². The Kier molecular flexibility index (Phi) is 7.52. The van der Waals surface area contributed by atoms with E-state index in [0.717, 1.165) is 31.0 Å². The molecule has 1 heterocycles. The predicted molar refractivity (Wildman–Crippen MR) is 95.5 cm³/mol. The minimum atomic E-state index is -0.414. The first kappa shape index (κ1) is 18.6. The quantitative estimate of drug-likeness (QED) is 0.255. The van der Waals surface area contributed by atoms with Crippen LogP contribution in [0.15, 0.2) is 29.3 Å². The highest BCUT2D eigenvalue weighted by atomic mass is 127. The number of non-ortho nitro benzene ring substituents is 1. The number of guanidine groups is 1. The number of nitro groups is 1. The summed E-state index contributed by atoms with van der Waals surface area (Å²) < 4.78 is 0. The highest BCUT2D eigenvalue weighted by Gasteiger charge is 2.22. The molecule has 1 aromatic rings. The molecule has 0 unspecified atom stereocenters. The zero-order chi connectivity index (χ0) is 15.2. The van der Waals surface area contributed by atoms with Crippen molar-refractivity contribution in [3.63, 3.8) is 0 Å². The van der Waals surface area contributed by atoms with Gasteiger partial charge in [-0.25, -0.2) is 4.99 Å². The van der Waals surface area contributed by atoms with Gasteiger partial charge in [-0.2, -0.15) is 0 Å². The lowest BCUT2D eigenvalue weighted by molar-refractivity contribution is -0.384. The molecule has 0 radical (unpaired) electrons. The Balaban J connectivity index is 0.00000242. The maximum Gasteiger partial charge on any atom is 0.269 e. The van der Waals surface area contributed by atoms with Crippen LogP contribution in [0.2, 0.25) is 0 Å². The Hall–Kier alpha value is -1.42. The summed E-state index contributed by atoms with van der Waals surface area (Å²) >= 11 is 0. The molecule has 22 heavy (non-hydrogen) atoms. The van der Waals surface area contributed by atoms with E-state index in [-0.39, 0.29) is 35.8 Å². The summed E-state index contributed by atoms with van der Waals surface area (Å²) in [5, 5.41) is 23.4. The minimum Gasteiger partial charge on any atom is -0.391 e. The second-order valence-corrected chi connectivity index (χ2v) is 4.98. The maximum absolute atomic E-state index is 10.6. The van der Waals surface area contributed by atoms with Crippen molar-refractivity contribution < 1.29 is 10.0 Å². The van der Waals surface area contributed by atoms with Crippen molar-refractivity contribution in [2.75, 3.05) is 19.6 Å². The molecule has 0 aliphatic carbocycles. The number of halogens is 1. The fraction of sp³-hybridized carbons (Fsp3) is 0.500. The number of rotatable bonds is 4. The second-order valence-electron chi connectivity index (χ2n) is 4.98. The van der Waals surface area contributed by atoms with Crippen LogP contribution in [0.1, 0.15) is 18.9 Å². The first-order valence-electron chi connectivity index (χ1n) is 7.04. The summed E-state index contributed by atoms with van der Waals surface area (Å²) in [5.41, 5.74) is 0.994. The van der Waals surface area contributed by atoms with Crippen molar-refractivity contribution in [1.29, 1.82) is 0 Å². The van der Waals surface area contributed by atoms with Crippen molar-refractivity contribution >= 4 is 35.6 Å². The Morgan fingerprint density at radius 3 is 2.68 bits per heavy atom. The number of benzene rings is 1. The Labute approximate surface area is 146 Å². The zero-order valence-electron chi connectivity index (χ0n) is 12.4. The fourth-order valence-electron chi connectivity index (χ4n) is 2.25. The topological polar surface area (TPSA) is 91.0 Å². The van der Waals surface area contributed by atoms with Gasteiger partial charge in [0.05, 0.1) is 17.6 Å². The summed E-state index contributed by atoms with van der Waals surface area (Å²) in [6, 6.07) is 6.39. The molecule has 122 valence electrons. The lowest BCUT2D eigenvalue weighted by Crippen LogP contribution is -2.40. The molecule has 1 aliphatic heterocycles. The maximum atomic E-state index is 10.6. The fourth-order valence-corrected chi connectivity index (χ4v) is 2.25. The van der Waals surface area contributed by atoms with Crippen LogP contribution in [0.5, 0.6) is 0 Å². The van der Waals surface area contributed by atoms with Crippen molar-refractivity contribution in [1.82, 2.24) is 10.2 Å². The molecule has 0 saturated carbocycles. The van der Waals surface area contributed by atoms with Gasteiger partial charge in [0.2, 0.25) is 0 Å². The van der Waals surface area contributed by atoms with Gasteiger partial charge < -0.3 is 15.3 Å². The third kappa shape index (κ3) is 5.09. The molecular weight excluding hydrogens is 399 g/mol. The van der Waals surface area contributed by atoms with E-state index in [1.165, 1.54) is 12.1 Å². The highest BCUT2D eigenvalue weighted by Crippen LogP contribution is 2.13. The summed E-state index contributed by atoms with van der Waals surface area (Å²) in [4.78, 5) is 16.7. The molecule has 1 fully saturated rings. The van der Waals surface area contributed by atoms with Gasteiger partial charge in [-0.3, -0.25) is 10.1 Å². The molecule has 1 aliphatic rings. The normalized spacial score (nSPS) is 18.0. The minimum absolute atomic E-state index is 0. The molecule has 1 saturated heterocycles. The van der Waals surface area contributed by atoms with Gasteiger partial charge in [-0.15, -0.1) is 24.0 Å². The Morgan fingerprint density at radius 2 is 2.18 bits per heavy atom. The molecule has 0 spiro atoms. The van der Waals surface area contributed by atoms with Crippen molar-refractivity contribution in [3.05, 3.63) is 39.9 Å². The third-order valence-corrected chi connectivity index (χ3v) is 3.36. The third-order valence-electron chi connectivity index (χ3n) is 3.36. The number of nitrogens with zero attached hydrogens (tertiary/aromatic N) is 3. The van der Waals surface area contributed by atoms with E-state index in [4.69, 9.17) is 0 Å². The van der Waals surface area contributed by atoms with Crippen LogP contribution >= 0.6 is 24.0 Å². The molecule has 0 amide bonds. The van der Waals surface area contributed by atoms with E-state index >= 15 is 0 Å². The van der Waals surface area contributed by atoms with E-state index in [2.05, 4.69) is 10.3 Å². The summed E-state index contributed by atoms with van der Waals surface area (Å²) in [7, 11) is 0. The monoisotopic (exact) mass is 420 g/mol. The molecule has 0 aromatic heterocycles. The molecule has 8 heteroatoms. The molecule has 7 nitrogen and oxygen atoms in total. The average molecular weight is 420 g/mol. The largest absolute Gasteiger partial charge is 0.391 e. The van der Waals surface area contributed by atoms with Crippen molar-refractivity contribution in [3.8, 4) is 0 Å². The number of hydrogen-bond acceptors (Lipinski definition) is 4. The molecular formula is C14H21IN4O3. The van der Waals surface area contributed by atoms with Gasteiger partial charge in [0, 0.05) is 31.8 Å². The van der Waals surface area contributed by atoms with Crippen LogP contribution in [-0.4, -0.2) is 46.6 Å². The number of aliphatic imine (C=N–C) groups is 1. The van der Waals surface area contributed by atoms with Crippen LogP contribution in [0, 0.1) is 10.1 Å². The number of aliphatic hydroxyl groups is 1.